The lowest BCUT2D eigenvalue weighted by Crippen LogP contribution is -2.51. The quantitative estimate of drug-likeness (QED) is 0.414. The van der Waals surface area contributed by atoms with Gasteiger partial charge in [-0.3, -0.25) is 25.2 Å². The summed E-state index contributed by atoms with van der Waals surface area (Å²) < 4.78 is 17.1. The molecule has 1 aromatic heterocycles. The Morgan fingerprint density at radius 1 is 1.06 bits per heavy atom. The minimum atomic E-state index is -0.907. The zero-order chi connectivity index (χ0) is 22.3. The Kier molecular flexibility index (Phi) is 6.81. The largest absolute Gasteiger partial charge is 0.485 e. The van der Waals surface area contributed by atoms with Crippen LogP contribution in [0.15, 0.2) is 48.5 Å². The van der Waals surface area contributed by atoms with E-state index in [4.69, 9.17) is 14.2 Å². The fraction of sp³-hybridized carbons (Fsp3) is 0.273. The number of fused-ring (bicyclic) bond motifs is 2. The highest BCUT2D eigenvalue weighted by atomic mass is 32.1. The first-order valence-corrected chi connectivity index (χ1v) is 10.9. The minimum Gasteiger partial charge on any atom is -0.485 e. The average molecular weight is 455 g/mol. The van der Waals surface area contributed by atoms with Crippen LogP contribution in [0.2, 0.25) is 0 Å². The van der Waals surface area contributed by atoms with Gasteiger partial charge in [0, 0.05) is 6.42 Å². The second kappa shape index (κ2) is 10.1. The molecule has 1 aliphatic rings. The van der Waals surface area contributed by atoms with Crippen LogP contribution in [0.3, 0.4) is 0 Å². The summed E-state index contributed by atoms with van der Waals surface area (Å²) in [6.45, 7) is -0.479. The highest BCUT2D eigenvalue weighted by Gasteiger charge is 2.27. The summed E-state index contributed by atoms with van der Waals surface area (Å²) in [5.41, 5.74) is 5.39. The van der Waals surface area contributed by atoms with Crippen LogP contribution in [0.1, 0.15) is 17.8 Å². The third-order valence-corrected chi connectivity index (χ3v) is 5.70. The fourth-order valence-electron chi connectivity index (χ4n) is 3.03. The number of para-hydroxylation sites is 3. The first-order valence-electron chi connectivity index (χ1n) is 10.1. The smallest absolute Gasteiger partial charge is 0.306 e. The number of rotatable bonds is 7. The van der Waals surface area contributed by atoms with Crippen molar-refractivity contribution in [3.05, 3.63) is 53.5 Å². The lowest BCUT2D eigenvalue weighted by atomic mass is 10.2. The first-order chi connectivity index (χ1) is 15.6. The van der Waals surface area contributed by atoms with Gasteiger partial charge in [-0.1, -0.05) is 24.3 Å². The van der Waals surface area contributed by atoms with E-state index in [9.17, 15) is 14.4 Å². The van der Waals surface area contributed by atoms with Gasteiger partial charge >= 0.3 is 5.97 Å². The summed E-state index contributed by atoms with van der Waals surface area (Å²) in [5, 5.41) is 0.955. The van der Waals surface area contributed by atoms with Gasteiger partial charge < -0.3 is 14.2 Å². The van der Waals surface area contributed by atoms with Crippen molar-refractivity contribution in [2.24, 2.45) is 0 Å². The Morgan fingerprint density at radius 3 is 2.69 bits per heavy atom. The molecule has 2 N–H and O–H groups in total. The molecule has 4 rings (SSSR count). The van der Waals surface area contributed by atoms with Crippen LogP contribution in [0, 0.1) is 0 Å². The van der Waals surface area contributed by atoms with Gasteiger partial charge in [0.1, 0.15) is 6.61 Å². The van der Waals surface area contributed by atoms with Crippen LogP contribution < -0.4 is 20.3 Å². The van der Waals surface area contributed by atoms with Crippen LogP contribution in [-0.4, -0.2) is 42.1 Å². The monoisotopic (exact) mass is 455 g/mol. The van der Waals surface area contributed by atoms with Crippen molar-refractivity contribution in [1.29, 1.82) is 0 Å². The van der Waals surface area contributed by atoms with Crippen molar-refractivity contribution in [1.82, 2.24) is 15.8 Å². The number of hydrogen-bond acceptors (Lipinski definition) is 8. The molecule has 166 valence electrons. The Hall–Kier alpha value is -3.66. The predicted octanol–water partition coefficient (Wildman–Crippen LogP) is 2.15. The number of hydrazine groups is 1. The Bertz CT molecular complexity index is 1100. The van der Waals surface area contributed by atoms with E-state index in [1.54, 1.807) is 35.6 Å². The lowest BCUT2D eigenvalue weighted by Gasteiger charge is -2.25. The summed E-state index contributed by atoms with van der Waals surface area (Å²) in [5.74, 6) is -0.723. The molecule has 1 atom stereocenters. The number of hydrogen-bond donors (Lipinski definition) is 2. The van der Waals surface area contributed by atoms with Gasteiger partial charge in [0.15, 0.2) is 18.1 Å². The first kappa shape index (κ1) is 21.6. The molecule has 0 saturated heterocycles. The van der Waals surface area contributed by atoms with Crippen LogP contribution >= 0.6 is 11.3 Å². The summed E-state index contributed by atoms with van der Waals surface area (Å²) in [7, 11) is 0. The Morgan fingerprint density at radius 2 is 1.84 bits per heavy atom. The number of carbonyl (C=O) groups is 3. The van der Waals surface area contributed by atoms with Gasteiger partial charge in [0.05, 0.1) is 15.2 Å². The van der Waals surface area contributed by atoms with Gasteiger partial charge in [-0.05, 0) is 37.1 Å². The van der Waals surface area contributed by atoms with E-state index in [1.807, 2.05) is 24.3 Å². The molecule has 2 heterocycles. The SMILES string of the molecule is O=C(COC(=O)CCCc1nc2ccccc2s1)NNC(=O)C1COc2ccccc2O1. The molecule has 0 saturated carbocycles. The zero-order valence-corrected chi connectivity index (χ0v) is 17.9. The summed E-state index contributed by atoms with van der Waals surface area (Å²) >= 11 is 1.60. The van der Waals surface area contributed by atoms with Gasteiger partial charge in [0.25, 0.3) is 11.8 Å². The number of nitrogens with zero attached hydrogens (tertiary/aromatic N) is 1. The Labute approximate surface area is 187 Å². The van der Waals surface area contributed by atoms with E-state index in [0.29, 0.717) is 24.3 Å². The number of benzene rings is 2. The lowest BCUT2D eigenvalue weighted by molar-refractivity contribution is -0.149. The van der Waals surface area contributed by atoms with Crippen LogP contribution in [0.4, 0.5) is 0 Å². The molecule has 0 aliphatic carbocycles. The number of esters is 1. The highest BCUT2D eigenvalue weighted by molar-refractivity contribution is 7.18. The van der Waals surface area contributed by atoms with E-state index in [2.05, 4.69) is 15.8 Å². The summed E-state index contributed by atoms with van der Waals surface area (Å²) in [4.78, 5) is 40.4. The second-order valence-electron chi connectivity index (χ2n) is 6.99. The predicted molar refractivity (Wildman–Crippen MR) is 116 cm³/mol. The fourth-order valence-corrected chi connectivity index (χ4v) is 4.03. The molecule has 1 unspecified atom stereocenters. The van der Waals surface area contributed by atoms with E-state index in [-0.39, 0.29) is 13.0 Å². The number of aryl methyl sites for hydroxylation is 1. The third-order valence-electron chi connectivity index (χ3n) is 4.60. The van der Waals surface area contributed by atoms with E-state index in [0.717, 1.165) is 15.2 Å². The number of amides is 2. The molecule has 0 radical (unpaired) electrons. The molecule has 10 heteroatoms. The van der Waals surface area contributed by atoms with Crippen LogP contribution in [0.25, 0.3) is 10.2 Å². The summed E-state index contributed by atoms with van der Waals surface area (Å²) in [6.07, 6.45) is 0.485. The number of nitrogens with one attached hydrogen (secondary N) is 2. The number of ether oxygens (including phenoxy) is 3. The van der Waals surface area contributed by atoms with Crippen molar-refractivity contribution >= 4 is 39.3 Å². The van der Waals surface area contributed by atoms with Gasteiger partial charge in [-0.2, -0.15) is 0 Å². The molecule has 0 fully saturated rings. The van der Waals surface area contributed by atoms with Gasteiger partial charge in [0.2, 0.25) is 6.10 Å². The third kappa shape index (κ3) is 5.52. The van der Waals surface area contributed by atoms with Gasteiger partial charge in [-0.25, -0.2) is 4.98 Å². The van der Waals surface area contributed by atoms with Crippen molar-refractivity contribution in [2.45, 2.75) is 25.4 Å². The molecule has 1 aliphatic heterocycles. The summed E-state index contributed by atoms with van der Waals surface area (Å²) in [6, 6.07) is 14.8. The molecule has 32 heavy (non-hydrogen) atoms. The van der Waals surface area contributed by atoms with Crippen LogP contribution in [0.5, 0.6) is 11.5 Å². The van der Waals surface area contributed by atoms with Crippen molar-refractivity contribution in [3.8, 4) is 11.5 Å². The molecule has 2 amide bonds. The van der Waals surface area contributed by atoms with Gasteiger partial charge in [-0.15, -0.1) is 11.3 Å². The molecule has 2 aromatic carbocycles. The average Bonchev–Trinajstić information content (AvgIpc) is 3.23. The Balaban J connectivity index is 1.12. The molecule has 0 bridgehead atoms. The normalized spacial score (nSPS) is 14.6. The van der Waals surface area contributed by atoms with E-state index >= 15 is 0 Å². The molecule has 3 aromatic rings. The maximum atomic E-state index is 12.1. The maximum Gasteiger partial charge on any atom is 0.306 e. The second-order valence-corrected chi connectivity index (χ2v) is 8.11. The molecule has 0 spiro atoms. The molecule has 9 nitrogen and oxygen atoms in total. The zero-order valence-electron chi connectivity index (χ0n) is 17.0. The minimum absolute atomic E-state index is 0.0162. The standard InChI is InChI=1S/C22H21N3O6S/c26-19(24-25-22(28)17-12-29-15-7-2-3-8-16(15)31-17)13-30-21(27)11-5-10-20-23-14-6-1-4-9-18(14)32-20/h1-4,6-9,17H,5,10-13H2,(H,24,26)(H,25,28). The van der Waals surface area contributed by atoms with E-state index < -0.39 is 30.5 Å². The maximum absolute atomic E-state index is 12.1. The number of thiazole rings is 1. The van der Waals surface area contributed by atoms with Crippen molar-refractivity contribution in [3.63, 3.8) is 0 Å². The number of carbonyl (C=O) groups excluding carboxylic acids is 3. The topological polar surface area (TPSA) is 116 Å². The number of aromatic nitrogens is 1. The van der Waals surface area contributed by atoms with Crippen molar-refractivity contribution in [2.75, 3.05) is 13.2 Å². The highest BCUT2D eigenvalue weighted by Crippen LogP contribution is 2.30. The van der Waals surface area contributed by atoms with E-state index in [1.165, 1.54) is 0 Å². The molecular formula is C22H21N3O6S. The van der Waals surface area contributed by atoms with Crippen LogP contribution in [-0.2, 0) is 25.5 Å². The molecular weight excluding hydrogens is 434 g/mol. The van der Waals surface area contributed by atoms with Crippen molar-refractivity contribution < 1.29 is 28.6 Å².